The SMILES string of the molecule is C[C@H]1CN(CCN(C(=O)CCC(=O)NC(Cc2ccccc2)C(=O)O)C2CCCCC2)CC[C@]1(C)c1cccc(O)c1. The van der Waals surface area contributed by atoms with E-state index in [9.17, 15) is 24.6 Å². The lowest BCUT2D eigenvalue weighted by Crippen LogP contribution is -2.51. The first-order chi connectivity index (χ1) is 20.2. The number of carboxylic acid groups (broad SMARTS) is 1. The molecule has 1 heterocycles. The maximum absolute atomic E-state index is 13.5. The van der Waals surface area contributed by atoms with Gasteiger partial charge >= 0.3 is 5.97 Å². The quantitative estimate of drug-likeness (QED) is 0.336. The standard InChI is InChI=1S/C34H47N3O5/c1-25-24-36(19-18-34(25,2)27-12-9-15-29(38)23-27)20-21-37(28-13-7-4-8-14-28)32(40)17-16-31(39)35-30(33(41)42)22-26-10-5-3-6-11-26/h3,5-6,9-12,15,23,25,28,30,38H,4,7-8,13-14,16-22,24H2,1-2H3,(H,35,39)(H,41,42)/t25-,30?,34-/m0/s1. The Kier molecular flexibility index (Phi) is 11.0. The molecule has 8 nitrogen and oxygen atoms in total. The lowest BCUT2D eigenvalue weighted by atomic mass is 9.68. The number of piperidine rings is 1. The minimum Gasteiger partial charge on any atom is -0.508 e. The first-order valence-electron chi connectivity index (χ1n) is 15.5. The summed E-state index contributed by atoms with van der Waals surface area (Å²) in [5.41, 5.74) is 1.98. The Morgan fingerprint density at radius 2 is 1.79 bits per heavy atom. The Morgan fingerprint density at radius 3 is 2.45 bits per heavy atom. The van der Waals surface area contributed by atoms with Gasteiger partial charge in [-0.25, -0.2) is 4.79 Å². The highest BCUT2D eigenvalue weighted by molar-refractivity contribution is 5.87. The van der Waals surface area contributed by atoms with Crippen molar-refractivity contribution in [2.24, 2.45) is 5.92 Å². The first-order valence-corrected chi connectivity index (χ1v) is 15.5. The van der Waals surface area contributed by atoms with Gasteiger partial charge in [-0.3, -0.25) is 9.59 Å². The number of aromatic hydroxyl groups is 1. The number of benzene rings is 2. The molecule has 228 valence electrons. The summed E-state index contributed by atoms with van der Waals surface area (Å²) in [5.74, 6) is -0.840. The zero-order valence-electron chi connectivity index (χ0n) is 25.1. The van der Waals surface area contributed by atoms with Gasteiger partial charge in [0.2, 0.25) is 11.8 Å². The lowest BCUT2D eigenvalue weighted by Gasteiger charge is -2.46. The van der Waals surface area contributed by atoms with E-state index in [2.05, 4.69) is 30.1 Å². The highest BCUT2D eigenvalue weighted by Gasteiger charge is 2.38. The van der Waals surface area contributed by atoms with E-state index in [1.54, 1.807) is 6.07 Å². The predicted octanol–water partition coefficient (Wildman–Crippen LogP) is 4.75. The Labute approximate surface area is 250 Å². The maximum Gasteiger partial charge on any atom is 0.326 e. The van der Waals surface area contributed by atoms with E-state index in [0.29, 0.717) is 18.2 Å². The van der Waals surface area contributed by atoms with Gasteiger partial charge in [-0.2, -0.15) is 0 Å². The molecule has 2 amide bonds. The molecule has 3 atom stereocenters. The fourth-order valence-corrected chi connectivity index (χ4v) is 6.64. The molecule has 8 heteroatoms. The van der Waals surface area contributed by atoms with Crippen molar-refractivity contribution in [3.8, 4) is 5.75 Å². The highest BCUT2D eigenvalue weighted by Crippen LogP contribution is 2.40. The first kappa shape index (κ1) is 31.5. The second kappa shape index (κ2) is 14.7. The van der Waals surface area contributed by atoms with Crippen LogP contribution in [0.4, 0.5) is 0 Å². The van der Waals surface area contributed by atoms with Crippen LogP contribution in [-0.2, 0) is 26.2 Å². The highest BCUT2D eigenvalue weighted by atomic mass is 16.4. The van der Waals surface area contributed by atoms with Crippen molar-refractivity contribution >= 4 is 17.8 Å². The number of carbonyl (C=O) groups is 3. The summed E-state index contributed by atoms with van der Waals surface area (Å²) < 4.78 is 0. The summed E-state index contributed by atoms with van der Waals surface area (Å²) >= 11 is 0. The number of amides is 2. The number of nitrogens with one attached hydrogen (secondary N) is 1. The van der Waals surface area contributed by atoms with E-state index >= 15 is 0 Å². The third-order valence-corrected chi connectivity index (χ3v) is 9.55. The van der Waals surface area contributed by atoms with Gasteiger partial charge in [0, 0.05) is 44.9 Å². The average molecular weight is 578 g/mol. The summed E-state index contributed by atoms with van der Waals surface area (Å²) in [6, 6.07) is 16.0. The number of rotatable bonds is 12. The molecule has 2 aliphatic rings. The summed E-state index contributed by atoms with van der Waals surface area (Å²) in [4.78, 5) is 42.4. The van der Waals surface area contributed by atoms with Crippen molar-refractivity contribution in [3.63, 3.8) is 0 Å². The van der Waals surface area contributed by atoms with Crippen LogP contribution in [0, 0.1) is 5.92 Å². The van der Waals surface area contributed by atoms with Gasteiger partial charge in [0.05, 0.1) is 0 Å². The van der Waals surface area contributed by atoms with Crippen LogP contribution in [0.15, 0.2) is 54.6 Å². The molecule has 2 fully saturated rings. The number of aliphatic carboxylic acids is 1. The Hall–Kier alpha value is -3.39. The minimum atomic E-state index is -1.08. The molecule has 1 aliphatic heterocycles. The van der Waals surface area contributed by atoms with E-state index in [4.69, 9.17) is 0 Å². The van der Waals surface area contributed by atoms with Gasteiger partial charge < -0.3 is 25.3 Å². The van der Waals surface area contributed by atoms with Gasteiger partial charge in [-0.1, -0.05) is 75.6 Å². The van der Waals surface area contributed by atoms with Crippen LogP contribution in [0.2, 0.25) is 0 Å². The summed E-state index contributed by atoms with van der Waals surface area (Å²) in [6.45, 7) is 7.80. The van der Waals surface area contributed by atoms with E-state index in [0.717, 1.165) is 57.3 Å². The second-order valence-corrected chi connectivity index (χ2v) is 12.4. The van der Waals surface area contributed by atoms with Crippen molar-refractivity contribution < 1.29 is 24.6 Å². The van der Waals surface area contributed by atoms with E-state index in [1.807, 2.05) is 47.4 Å². The summed E-state index contributed by atoms with van der Waals surface area (Å²) in [7, 11) is 0. The zero-order valence-corrected chi connectivity index (χ0v) is 25.1. The zero-order chi connectivity index (χ0) is 30.1. The molecular weight excluding hydrogens is 530 g/mol. The monoisotopic (exact) mass is 577 g/mol. The minimum absolute atomic E-state index is 0.0181. The van der Waals surface area contributed by atoms with Crippen molar-refractivity contribution in [2.45, 2.75) is 89.1 Å². The number of phenols is 1. The van der Waals surface area contributed by atoms with Gasteiger partial charge in [0.25, 0.3) is 0 Å². The number of likely N-dealkylation sites (tertiary alicyclic amines) is 1. The number of phenolic OH excluding ortho intramolecular Hbond substituents is 1. The molecule has 1 aliphatic carbocycles. The normalized spacial score (nSPS) is 22.3. The fraction of sp³-hybridized carbons (Fsp3) is 0.559. The topological polar surface area (TPSA) is 110 Å². The smallest absolute Gasteiger partial charge is 0.326 e. The lowest BCUT2D eigenvalue weighted by molar-refractivity contribution is -0.142. The van der Waals surface area contributed by atoms with Crippen LogP contribution in [0.25, 0.3) is 0 Å². The third kappa shape index (κ3) is 8.34. The maximum atomic E-state index is 13.5. The van der Waals surface area contributed by atoms with E-state index in [1.165, 1.54) is 12.0 Å². The number of nitrogens with zero attached hydrogens (tertiary/aromatic N) is 2. The van der Waals surface area contributed by atoms with Gasteiger partial charge in [0.1, 0.15) is 11.8 Å². The van der Waals surface area contributed by atoms with Gasteiger partial charge in [-0.15, -0.1) is 0 Å². The Balaban J connectivity index is 1.32. The number of hydrogen-bond donors (Lipinski definition) is 3. The molecule has 3 N–H and O–H groups in total. The van der Waals surface area contributed by atoms with Crippen LogP contribution < -0.4 is 5.32 Å². The van der Waals surface area contributed by atoms with Crippen LogP contribution in [-0.4, -0.2) is 76.1 Å². The Bertz CT molecular complexity index is 1200. The second-order valence-electron chi connectivity index (χ2n) is 12.4. The molecule has 0 radical (unpaired) electrons. The molecule has 0 bridgehead atoms. The number of carbonyl (C=O) groups excluding carboxylic acids is 2. The summed E-state index contributed by atoms with van der Waals surface area (Å²) in [6.07, 6.45) is 6.61. The molecule has 0 spiro atoms. The van der Waals surface area contributed by atoms with Gasteiger partial charge in [-0.05, 0) is 60.4 Å². The number of hydrogen-bond acceptors (Lipinski definition) is 5. The van der Waals surface area contributed by atoms with E-state index in [-0.39, 0.29) is 36.6 Å². The molecule has 1 saturated carbocycles. The van der Waals surface area contributed by atoms with Crippen LogP contribution in [0.3, 0.4) is 0 Å². The van der Waals surface area contributed by atoms with Crippen LogP contribution in [0.1, 0.15) is 76.3 Å². The fourth-order valence-electron chi connectivity index (χ4n) is 6.64. The average Bonchev–Trinajstić information content (AvgIpc) is 2.98. The van der Waals surface area contributed by atoms with Crippen LogP contribution >= 0.6 is 0 Å². The van der Waals surface area contributed by atoms with Gasteiger partial charge in [0.15, 0.2) is 0 Å². The molecule has 2 aromatic carbocycles. The molecular formula is C34H47N3O5. The predicted molar refractivity (Wildman–Crippen MR) is 163 cm³/mol. The van der Waals surface area contributed by atoms with Crippen LogP contribution in [0.5, 0.6) is 5.75 Å². The molecule has 1 unspecified atom stereocenters. The van der Waals surface area contributed by atoms with Crippen molar-refractivity contribution in [2.75, 3.05) is 26.2 Å². The van der Waals surface area contributed by atoms with Crippen molar-refractivity contribution in [1.82, 2.24) is 15.1 Å². The third-order valence-electron chi connectivity index (χ3n) is 9.55. The molecule has 1 saturated heterocycles. The number of carboxylic acids is 1. The molecule has 4 rings (SSSR count). The molecule has 2 aromatic rings. The van der Waals surface area contributed by atoms with Crippen molar-refractivity contribution in [1.29, 1.82) is 0 Å². The van der Waals surface area contributed by atoms with Crippen molar-refractivity contribution in [3.05, 3.63) is 65.7 Å². The van der Waals surface area contributed by atoms with E-state index < -0.39 is 17.9 Å². The summed E-state index contributed by atoms with van der Waals surface area (Å²) in [5, 5.41) is 22.3. The molecule has 42 heavy (non-hydrogen) atoms. The Morgan fingerprint density at radius 1 is 1.05 bits per heavy atom. The molecule has 0 aromatic heterocycles. The largest absolute Gasteiger partial charge is 0.508 e.